The lowest BCUT2D eigenvalue weighted by Gasteiger charge is -2.34. The van der Waals surface area contributed by atoms with Crippen molar-refractivity contribution < 1.29 is 22.8 Å². The molecule has 3 amide bonds. The van der Waals surface area contributed by atoms with Gasteiger partial charge in [0.25, 0.3) is 5.91 Å². The quantitative estimate of drug-likeness (QED) is 0.354. The minimum absolute atomic E-state index is 0.00440. The number of likely N-dealkylation sites (N-methyl/N-ethyl adjacent to an activating group) is 1. The number of anilines is 1. The Hall–Kier alpha value is -4.87. The SMILES string of the molecule is CN1C(=O)C(NC(=O)C[C@@H]2C(=O)NCCN2S(=O)(=O)c2ccc3ccccc3c2)N=C(c2ccccc2)c2ccccc21. The van der Waals surface area contributed by atoms with Crippen molar-refractivity contribution in [2.45, 2.75) is 23.5 Å². The van der Waals surface area contributed by atoms with Crippen molar-refractivity contribution in [3.8, 4) is 0 Å². The molecule has 43 heavy (non-hydrogen) atoms. The van der Waals surface area contributed by atoms with E-state index in [1.807, 2.05) is 72.8 Å². The molecule has 1 unspecified atom stereocenters. The van der Waals surface area contributed by atoms with E-state index in [-0.39, 0.29) is 18.0 Å². The van der Waals surface area contributed by atoms with E-state index in [1.54, 1.807) is 25.2 Å². The van der Waals surface area contributed by atoms with Gasteiger partial charge in [-0.25, -0.2) is 13.4 Å². The van der Waals surface area contributed by atoms with Gasteiger partial charge >= 0.3 is 0 Å². The molecule has 10 nitrogen and oxygen atoms in total. The number of nitrogens with one attached hydrogen (secondary N) is 2. The fraction of sp³-hybridized carbons (Fsp3) is 0.188. The number of carbonyl (C=O) groups excluding carboxylic acids is 3. The molecule has 2 heterocycles. The van der Waals surface area contributed by atoms with Gasteiger partial charge in [0.1, 0.15) is 6.04 Å². The van der Waals surface area contributed by atoms with Crippen molar-refractivity contribution in [3.05, 3.63) is 108 Å². The summed E-state index contributed by atoms with van der Waals surface area (Å²) in [6.45, 7) is 0.105. The summed E-state index contributed by atoms with van der Waals surface area (Å²) in [5.41, 5.74) is 2.64. The highest BCUT2D eigenvalue weighted by molar-refractivity contribution is 7.89. The number of para-hydroxylation sites is 1. The molecule has 0 aromatic heterocycles. The van der Waals surface area contributed by atoms with Crippen LogP contribution in [-0.2, 0) is 24.4 Å². The van der Waals surface area contributed by atoms with Gasteiger partial charge in [0.15, 0.2) is 0 Å². The van der Waals surface area contributed by atoms with Crippen LogP contribution in [0.3, 0.4) is 0 Å². The Labute approximate surface area is 249 Å². The molecule has 1 fully saturated rings. The third-order valence-electron chi connectivity index (χ3n) is 7.68. The van der Waals surface area contributed by atoms with Crippen LogP contribution in [-0.4, -0.2) is 68.5 Å². The summed E-state index contributed by atoms with van der Waals surface area (Å²) in [4.78, 5) is 46.1. The van der Waals surface area contributed by atoms with Crippen LogP contribution in [0.15, 0.2) is 107 Å². The molecular formula is C32H29N5O5S. The third-order valence-corrected chi connectivity index (χ3v) is 9.58. The Balaban J connectivity index is 1.29. The first-order chi connectivity index (χ1) is 20.7. The second-order valence-electron chi connectivity index (χ2n) is 10.4. The first-order valence-electron chi connectivity index (χ1n) is 13.8. The molecule has 0 bridgehead atoms. The van der Waals surface area contributed by atoms with Crippen LogP contribution >= 0.6 is 0 Å². The molecule has 4 aromatic carbocycles. The van der Waals surface area contributed by atoms with Crippen molar-refractivity contribution >= 4 is 49.9 Å². The highest BCUT2D eigenvalue weighted by Gasteiger charge is 2.40. The van der Waals surface area contributed by atoms with Gasteiger partial charge < -0.3 is 15.5 Å². The third kappa shape index (κ3) is 5.40. The first-order valence-corrected chi connectivity index (χ1v) is 15.3. The molecule has 4 aromatic rings. The van der Waals surface area contributed by atoms with Gasteiger partial charge in [-0.2, -0.15) is 4.31 Å². The summed E-state index contributed by atoms with van der Waals surface area (Å²) in [5.74, 6) is -1.74. The summed E-state index contributed by atoms with van der Waals surface area (Å²) in [6, 6.07) is 27.5. The lowest BCUT2D eigenvalue weighted by Crippen LogP contribution is -2.58. The van der Waals surface area contributed by atoms with Gasteiger partial charge in [-0.15, -0.1) is 0 Å². The van der Waals surface area contributed by atoms with Gasteiger partial charge in [-0.05, 0) is 29.0 Å². The highest BCUT2D eigenvalue weighted by Crippen LogP contribution is 2.28. The normalized spacial score (nSPS) is 19.3. The van der Waals surface area contributed by atoms with Crippen molar-refractivity contribution in [2.75, 3.05) is 25.0 Å². The average molecular weight is 596 g/mol. The maximum absolute atomic E-state index is 13.8. The number of fused-ring (bicyclic) bond motifs is 2. The molecule has 218 valence electrons. The molecule has 11 heteroatoms. The fourth-order valence-corrected chi connectivity index (χ4v) is 7.09. The summed E-state index contributed by atoms with van der Waals surface area (Å²) >= 11 is 0. The monoisotopic (exact) mass is 595 g/mol. The highest BCUT2D eigenvalue weighted by atomic mass is 32.2. The number of carbonyl (C=O) groups is 3. The van der Waals surface area contributed by atoms with E-state index in [0.717, 1.165) is 26.2 Å². The minimum atomic E-state index is -4.13. The predicted octanol–water partition coefficient (Wildman–Crippen LogP) is 2.68. The zero-order valence-electron chi connectivity index (χ0n) is 23.3. The predicted molar refractivity (Wildman–Crippen MR) is 163 cm³/mol. The zero-order valence-corrected chi connectivity index (χ0v) is 24.1. The second-order valence-corrected chi connectivity index (χ2v) is 12.3. The average Bonchev–Trinajstić information content (AvgIpc) is 3.12. The number of rotatable bonds is 6. The Morgan fingerprint density at radius 1 is 0.930 bits per heavy atom. The van der Waals surface area contributed by atoms with Crippen molar-refractivity contribution in [1.82, 2.24) is 14.9 Å². The molecule has 2 N–H and O–H groups in total. The Morgan fingerprint density at radius 2 is 1.63 bits per heavy atom. The molecule has 2 atom stereocenters. The van der Waals surface area contributed by atoms with Crippen LogP contribution in [0.5, 0.6) is 0 Å². The first kappa shape index (κ1) is 28.3. The maximum Gasteiger partial charge on any atom is 0.272 e. The Bertz CT molecular complexity index is 1880. The molecule has 2 aliphatic rings. The Kier molecular flexibility index (Phi) is 7.51. The van der Waals surface area contributed by atoms with E-state index in [4.69, 9.17) is 0 Å². The van der Waals surface area contributed by atoms with Crippen molar-refractivity contribution in [1.29, 1.82) is 0 Å². The molecule has 6 rings (SSSR count). The molecule has 0 radical (unpaired) electrons. The van der Waals surface area contributed by atoms with Crippen LogP contribution in [0.2, 0.25) is 0 Å². The van der Waals surface area contributed by atoms with Crippen LogP contribution < -0.4 is 15.5 Å². The van der Waals surface area contributed by atoms with E-state index < -0.39 is 46.4 Å². The van der Waals surface area contributed by atoms with Gasteiger partial charge in [-0.3, -0.25) is 14.4 Å². The molecule has 0 saturated carbocycles. The second kappa shape index (κ2) is 11.4. The zero-order chi connectivity index (χ0) is 30.1. The van der Waals surface area contributed by atoms with E-state index in [1.165, 1.54) is 11.0 Å². The summed E-state index contributed by atoms with van der Waals surface area (Å²) in [6.07, 6.45) is -1.78. The van der Waals surface area contributed by atoms with E-state index in [2.05, 4.69) is 15.6 Å². The number of amides is 3. The maximum atomic E-state index is 13.8. The van der Waals surface area contributed by atoms with E-state index in [0.29, 0.717) is 11.4 Å². The minimum Gasteiger partial charge on any atom is -0.353 e. The van der Waals surface area contributed by atoms with Gasteiger partial charge in [0, 0.05) is 31.3 Å². The van der Waals surface area contributed by atoms with Crippen LogP contribution in [0.4, 0.5) is 5.69 Å². The topological polar surface area (TPSA) is 128 Å². The van der Waals surface area contributed by atoms with Gasteiger partial charge in [0.05, 0.1) is 22.7 Å². The molecule has 0 aliphatic carbocycles. The number of nitrogens with zero attached hydrogens (tertiary/aromatic N) is 3. The molecule has 2 aliphatic heterocycles. The number of hydrogen-bond donors (Lipinski definition) is 2. The standard InChI is InChI=1S/C32H29N5O5S/c1-36-26-14-8-7-13-25(26)29(22-10-3-2-4-11-22)35-30(32(36)40)34-28(38)20-27-31(39)33-17-18-37(27)43(41,42)24-16-15-21-9-5-6-12-23(21)19-24/h2-16,19,27,30H,17-18,20H2,1H3,(H,33,39)(H,34,38)/t27-,30?/m1/s1. The number of benzene rings is 4. The lowest BCUT2D eigenvalue weighted by atomic mass is 10.0. The van der Waals surface area contributed by atoms with E-state index >= 15 is 0 Å². The summed E-state index contributed by atoms with van der Waals surface area (Å²) < 4.78 is 28.6. The van der Waals surface area contributed by atoms with Crippen LogP contribution in [0.1, 0.15) is 17.5 Å². The summed E-state index contributed by atoms with van der Waals surface area (Å²) in [5, 5.41) is 6.94. The fourth-order valence-electron chi connectivity index (χ4n) is 5.47. The van der Waals surface area contributed by atoms with Crippen molar-refractivity contribution in [3.63, 3.8) is 0 Å². The lowest BCUT2D eigenvalue weighted by molar-refractivity contribution is -0.132. The number of aliphatic imine (C=N–C) groups is 1. The number of benzodiazepines with no additional fused rings is 1. The Morgan fingerprint density at radius 3 is 2.42 bits per heavy atom. The number of hydrogen-bond acceptors (Lipinski definition) is 6. The summed E-state index contributed by atoms with van der Waals surface area (Å²) in [7, 11) is -2.52. The molecular weight excluding hydrogens is 566 g/mol. The largest absolute Gasteiger partial charge is 0.353 e. The number of sulfonamides is 1. The van der Waals surface area contributed by atoms with Gasteiger partial charge in [-0.1, -0.05) is 78.9 Å². The number of piperazine rings is 1. The van der Waals surface area contributed by atoms with E-state index in [9.17, 15) is 22.8 Å². The van der Waals surface area contributed by atoms with Crippen LogP contribution in [0, 0.1) is 0 Å². The molecule has 0 spiro atoms. The smallest absolute Gasteiger partial charge is 0.272 e. The van der Waals surface area contributed by atoms with Crippen LogP contribution in [0.25, 0.3) is 10.8 Å². The van der Waals surface area contributed by atoms with Crippen molar-refractivity contribution in [2.24, 2.45) is 4.99 Å². The van der Waals surface area contributed by atoms with Gasteiger partial charge in [0.2, 0.25) is 28.0 Å². The molecule has 1 saturated heterocycles.